The number of furan rings is 1. The predicted octanol–water partition coefficient (Wildman–Crippen LogP) is 1.78. The molecule has 2 aromatic rings. The minimum absolute atomic E-state index is 0.110. The van der Waals surface area contributed by atoms with Crippen LogP contribution in [0.1, 0.15) is 12.7 Å². The van der Waals surface area contributed by atoms with Gasteiger partial charge in [-0.3, -0.25) is 4.79 Å². The zero-order valence-electron chi connectivity index (χ0n) is 13.2. The Morgan fingerprint density at radius 1 is 1.26 bits per heavy atom. The smallest absolute Gasteiger partial charge is 0.258 e. The van der Waals surface area contributed by atoms with Crippen LogP contribution in [-0.4, -0.2) is 36.9 Å². The number of benzene rings is 1. The summed E-state index contributed by atoms with van der Waals surface area (Å²) < 4.78 is 15.6. The first kappa shape index (κ1) is 16.9. The summed E-state index contributed by atoms with van der Waals surface area (Å²) in [6.45, 7) is 1.63. The van der Waals surface area contributed by atoms with Gasteiger partial charge in [-0.05, 0) is 43.3 Å². The van der Waals surface area contributed by atoms with Crippen LogP contribution in [0, 0.1) is 0 Å². The monoisotopic (exact) mass is 319 g/mol. The van der Waals surface area contributed by atoms with E-state index in [1.807, 2.05) is 0 Å². The Morgan fingerprint density at radius 3 is 2.57 bits per heavy atom. The maximum Gasteiger partial charge on any atom is 0.258 e. The van der Waals surface area contributed by atoms with Crippen molar-refractivity contribution in [1.82, 2.24) is 5.32 Å². The molecule has 1 amide bonds. The van der Waals surface area contributed by atoms with E-state index in [0.717, 1.165) is 5.75 Å². The lowest BCUT2D eigenvalue weighted by molar-refractivity contribution is -0.124. The van der Waals surface area contributed by atoms with Crippen molar-refractivity contribution in [1.29, 1.82) is 0 Å². The van der Waals surface area contributed by atoms with E-state index in [1.54, 1.807) is 56.7 Å². The summed E-state index contributed by atoms with van der Waals surface area (Å²) in [5, 5.41) is 12.9. The van der Waals surface area contributed by atoms with Gasteiger partial charge in [0.1, 0.15) is 17.3 Å². The standard InChI is InChI=1S/C17H21NO5/c1-17(20,10-15-4-3-9-22-15)12-18-16(19)11-23-14-7-5-13(21-2)6-8-14/h3-9,20H,10-12H2,1-2H3,(H,18,19). The molecule has 23 heavy (non-hydrogen) atoms. The summed E-state index contributed by atoms with van der Waals surface area (Å²) >= 11 is 0. The molecule has 0 aliphatic heterocycles. The summed E-state index contributed by atoms with van der Waals surface area (Å²) in [5.41, 5.74) is -1.09. The molecule has 1 aromatic heterocycles. The number of carbonyl (C=O) groups excluding carboxylic acids is 1. The highest BCUT2D eigenvalue weighted by Crippen LogP contribution is 2.17. The van der Waals surface area contributed by atoms with E-state index in [4.69, 9.17) is 13.9 Å². The third kappa shape index (κ3) is 5.67. The average molecular weight is 319 g/mol. The number of hydrogen-bond donors (Lipinski definition) is 2. The van der Waals surface area contributed by atoms with Gasteiger partial charge in [-0.25, -0.2) is 0 Å². The van der Waals surface area contributed by atoms with Gasteiger partial charge in [-0.2, -0.15) is 0 Å². The van der Waals surface area contributed by atoms with Crippen molar-refractivity contribution in [2.45, 2.75) is 18.9 Å². The van der Waals surface area contributed by atoms with Crippen molar-refractivity contribution < 1.29 is 23.8 Å². The summed E-state index contributed by atoms with van der Waals surface area (Å²) in [5.74, 6) is 1.65. The van der Waals surface area contributed by atoms with Crippen LogP contribution in [0.25, 0.3) is 0 Å². The first-order valence-electron chi connectivity index (χ1n) is 7.27. The molecule has 1 heterocycles. The van der Waals surface area contributed by atoms with Crippen molar-refractivity contribution in [3.05, 3.63) is 48.4 Å². The van der Waals surface area contributed by atoms with E-state index in [0.29, 0.717) is 17.9 Å². The highest BCUT2D eigenvalue weighted by molar-refractivity contribution is 5.77. The van der Waals surface area contributed by atoms with Gasteiger partial charge >= 0.3 is 0 Å². The Morgan fingerprint density at radius 2 is 1.96 bits per heavy atom. The Labute approximate surface area is 135 Å². The molecule has 2 N–H and O–H groups in total. The lowest BCUT2D eigenvalue weighted by atomic mass is 10.0. The molecular formula is C17H21NO5. The van der Waals surface area contributed by atoms with E-state index < -0.39 is 5.60 Å². The lowest BCUT2D eigenvalue weighted by Crippen LogP contribution is -2.43. The molecule has 1 unspecified atom stereocenters. The van der Waals surface area contributed by atoms with Gasteiger partial charge in [-0.15, -0.1) is 0 Å². The van der Waals surface area contributed by atoms with Crippen molar-refractivity contribution in [3.8, 4) is 11.5 Å². The molecule has 0 bridgehead atoms. The predicted molar refractivity (Wildman–Crippen MR) is 84.5 cm³/mol. The molecule has 0 radical (unpaired) electrons. The van der Waals surface area contributed by atoms with E-state index in [2.05, 4.69) is 5.32 Å². The summed E-state index contributed by atoms with van der Waals surface area (Å²) in [7, 11) is 1.58. The van der Waals surface area contributed by atoms with Crippen LogP contribution >= 0.6 is 0 Å². The highest BCUT2D eigenvalue weighted by Gasteiger charge is 2.23. The number of aliphatic hydroxyl groups is 1. The maximum absolute atomic E-state index is 11.8. The molecule has 0 aliphatic rings. The van der Waals surface area contributed by atoms with E-state index in [9.17, 15) is 9.90 Å². The molecule has 6 heteroatoms. The number of carbonyl (C=O) groups is 1. The maximum atomic E-state index is 11.8. The molecule has 124 valence electrons. The normalized spacial score (nSPS) is 13.2. The molecule has 1 atom stereocenters. The van der Waals surface area contributed by atoms with Crippen LogP contribution in [0.15, 0.2) is 47.1 Å². The van der Waals surface area contributed by atoms with Gasteiger partial charge in [0.05, 0.1) is 19.0 Å². The van der Waals surface area contributed by atoms with Crippen molar-refractivity contribution >= 4 is 5.91 Å². The van der Waals surface area contributed by atoms with Crippen LogP contribution in [-0.2, 0) is 11.2 Å². The number of amides is 1. The number of rotatable bonds is 8. The second kappa shape index (κ2) is 7.69. The molecular weight excluding hydrogens is 298 g/mol. The van der Waals surface area contributed by atoms with E-state index >= 15 is 0 Å². The summed E-state index contributed by atoms with van der Waals surface area (Å²) in [4.78, 5) is 11.8. The Hall–Kier alpha value is -2.47. The van der Waals surface area contributed by atoms with Crippen LogP contribution in [0.4, 0.5) is 0 Å². The summed E-state index contributed by atoms with van der Waals surface area (Å²) in [6.07, 6.45) is 1.87. The van der Waals surface area contributed by atoms with Crippen molar-refractivity contribution in [2.75, 3.05) is 20.3 Å². The van der Waals surface area contributed by atoms with Crippen LogP contribution in [0.2, 0.25) is 0 Å². The number of methoxy groups -OCH3 is 1. The van der Waals surface area contributed by atoms with Gasteiger partial charge in [0, 0.05) is 13.0 Å². The molecule has 0 saturated carbocycles. The Bertz CT molecular complexity index is 604. The first-order chi connectivity index (χ1) is 11.0. The largest absolute Gasteiger partial charge is 0.497 e. The molecule has 1 aromatic carbocycles. The molecule has 0 fully saturated rings. The van der Waals surface area contributed by atoms with Crippen molar-refractivity contribution in [2.24, 2.45) is 0 Å². The van der Waals surface area contributed by atoms with Crippen LogP contribution in [0.5, 0.6) is 11.5 Å². The number of nitrogens with one attached hydrogen (secondary N) is 1. The topological polar surface area (TPSA) is 80.9 Å². The third-order valence-corrected chi connectivity index (χ3v) is 3.23. The minimum atomic E-state index is -1.09. The first-order valence-corrected chi connectivity index (χ1v) is 7.27. The zero-order chi connectivity index (χ0) is 16.7. The molecule has 0 spiro atoms. The second-order valence-electron chi connectivity index (χ2n) is 5.49. The SMILES string of the molecule is COc1ccc(OCC(=O)NCC(C)(O)Cc2ccco2)cc1. The second-order valence-corrected chi connectivity index (χ2v) is 5.49. The molecule has 6 nitrogen and oxygen atoms in total. The Balaban J connectivity index is 1.73. The van der Waals surface area contributed by atoms with Gasteiger partial charge in [0.25, 0.3) is 5.91 Å². The quantitative estimate of drug-likeness (QED) is 0.775. The van der Waals surface area contributed by atoms with Gasteiger partial charge in [-0.1, -0.05) is 0 Å². The van der Waals surface area contributed by atoms with E-state index in [-0.39, 0.29) is 19.1 Å². The molecule has 2 rings (SSSR count). The van der Waals surface area contributed by atoms with Crippen LogP contribution < -0.4 is 14.8 Å². The van der Waals surface area contributed by atoms with Crippen molar-refractivity contribution in [3.63, 3.8) is 0 Å². The van der Waals surface area contributed by atoms with Gasteiger partial charge < -0.3 is 24.3 Å². The number of ether oxygens (including phenoxy) is 2. The third-order valence-electron chi connectivity index (χ3n) is 3.23. The molecule has 0 aliphatic carbocycles. The average Bonchev–Trinajstić information content (AvgIpc) is 3.03. The fourth-order valence-corrected chi connectivity index (χ4v) is 2.01. The Kier molecular flexibility index (Phi) is 5.65. The minimum Gasteiger partial charge on any atom is -0.497 e. The molecule has 0 saturated heterocycles. The zero-order valence-corrected chi connectivity index (χ0v) is 13.2. The van der Waals surface area contributed by atoms with Gasteiger partial charge in [0.2, 0.25) is 0 Å². The number of hydrogen-bond acceptors (Lipinski definition) is 5. The van der Waals surface area contributed by atoms with Gasteiger partial charge in [0.15, 0.2) is 6.61 Å². The fraction of sp³-hybridized carbons (Fsp3) is 0.353. The lowest BCUT2D eigenvalue weighted by Gasteiger charge is -2.22. The van der Waals surface area contributed by atoms with E-state index in [1.165, 1.54) is 0 Å². The fourth-order valence-electron chi connectivity index (χ4n) is 2.01. The summed E-state index contributed by atoms with van der Waals surface area (Å²) in [6, 6.07) is 10.5. The van der Waals surface area contributed by atoms with Crippen LogP contribution in [0.3, 0.4) is 0 Å². The highest BCUT2D eigenvalue weighted by atomic mass is 16.5.